The van der Waals surface area contributed by atoms with E-state index >= 15 is 4.39 Å². The van der Waals surface area contributed by atoms with Crippen LogP contribution in [0.3, 0.4) is 0 Å². The molecule has 0 spiro atoms. The second-order valence-corrected chi connectivity index (χ2v) is 8.71. The van der Waals surface area contributed by atoms with E-state index in [1.165, 1.54) is 17.9 Å². The molecule has 2 aliphatic rings. The number of piperidine rings is 1. The van der Waals surface area contributed by atoms with E-state index in [1.807, 2.05) is 11.8 Å². The summed E-state index contributed by atoms with van der Waals surface area (Å²) in [7, 11) is 0. The summed E-state index contributed by atoms with van der Waals surface area (Å²) in [6.07, 6.45) is 1.91. The van der Waals surface area contributed by atoms with Crippen LogP contribution in [0.4, 0.5) is 20.6 Å². The van der Waals surface area contributed by atoms with Gasteiger partial charge in [0.2, 0.25) is 5.91 Å². The number of rotatable bonds is 7. The molecule has 188 valence electrons. The van der Waals surface area contributed by atoms with Crippen molar-refractivity contribution in [3.05, 3.63) is 35.9 Å². The number of carbonyl (C=O) groups excluding carboxylic acids is 3. The van der Waals surface area contributed by atoms with Crippen LogP contribution in [0.2, 0.25) is 0 Å². The van der Waals surface area contributed by atoms with Crippen molar-refractivity contribution in [3.63, 3.8) is 0 Å². The van der Waals surface area contributed by atoms with Gasteiger partial charge in [-0.25, -0.2) is 18.7 Å². The Morgan fingerprint density at radius 2 is 2.14 bits per heavy atom. The molecule has 3 unspecified atom stereocenters. The zero-order valence-corrected chi connectivity index (χ0v) is 19.9. The van der Waals surface area contributed by atoms with Crippen LogP contribution < -0.4 is 15.1 Å². The highest BCUT2D eigenvalue weighted by Gasteiger charge is 2.34. The van der Waals surface area contributed by atoms with Crippen molar-refractivity contribution in [2.24, 2.45) is 0 Å². The standard InChI is InChI=1S/C23H29FN6O5/c1-4-34-22(32)20-13-30(27-26-20)17-7-8-28(14(2)9-17)21-6-5-16(10-19(21)24)29-12-18(35-23(29)33)11-25-15(3)31/h5-6,10,13-14,17-18H,4,7-9,11-12H2,1-3H3,(H,25,31). The number of nitrogens with one attached hydrogen (secondary N) is 1. The molecule has 2 saturated heterocycles. The quantitative estimate of drug-likeness (QED) is 0.590. The van der Waals surface area contributed by atoms with Gasteiger partial charge in [-0.2, -0.15) is 0 Å². The van der Waals surface area contributed by atoms with Crippen LogP contribution in [0.1, 0.15) is 50.1 Å². The molecule has 2 aromatic rings. The van der Waals surface area contributed by atoms with Gasteiger partial charge in [0.1, 0.15) is 11.9 Å². The molecule has 0 aliphatic carbocycles. The summed E-state index contributed by atoms with van der Waals surface area (Å²) < 4.78 is 27.1. The lowest BCUT2D eigenvalue weighted by molar-refractivity contribution is -0.119. The molecular weight excluding hydrogens is 459 g/mol. The maximum absolute atomic E-state index is 15.2. The second-order valence-electron chi connectivity index (χ2n) is 8.71. The topological polar surface area (TPSA) is 119 Å². The predicted octanol–water partition coefficient (Wildman–Crippen LogP) is 2.29. The largest absolute Gasteiger partial charge is 0.461 e. The fraction of sp³-hybridized carbons (Fsp3) is 0.522. The second kappa shape index (κ2) is 10.3. The monoisotopic (exact) mass is 488 g/mol. The number of aromatic nitrogens is 3. The average molecular weight is 489 g/mol. The number of benzene rings is 1. The van der Waals surface area contributed by atoms with Crippen LogP contribution in [-0.2, 0) is 14.3 Å². The zero-order chi connectivity index (χ0) is 25.1. The first-order valence-electron chi connectivity index (χ1n) is 11.6. The van der Waals surface area contributed by atoms with Gasteiger partial charge in [0.05, 0.1) is 43.3 Å². The number of nitrogens with zero attached hydrogens (tertiary/aromatic N) is 5. The molecule has 35 heavy (non-hydrogen) atoms. The first-order chi connectivity index (χ1) is 16.8. The van der Waals surface area contributed by atoms with Crippen molar-refractivity contribution in [3.8, 4) is 0 Å². The normalized spacial score (nSPS) is 22.2. The van der Waals surface area contributed by atoms with E-state index in [9.17, 15) is 14.4 Å². The third-order valence-corrected chi connectivity index (χ3v) is 6.22. The third-order valence-electron chi connectivity index (χ3n) is 6.22. The number of carbonyl (C=O) groups is 3. The molecular formula is C23H29FN6O5. The van der Waals surface area contributed by atoms with E-state index in [4.69, 9.17) is 9.47 Å². The average Bonchev–Trinajstić information content (AvgIpc) is 3.45. The van der Waals surface area contributed by atoms with Crippen molar-refractivity contribution >= 4 is 29.3 Å². The van der Waals surface area contributed by atoms with Crippen LogP contribution >= 0.6 is 0 Å². The number of halogens is 1. The molecule has 4 rings (SSSR count). The van der Waals surface area contributed by atoms with Crippen molar-refractivity contribution < 1.29 is 28.2 Å². The molecule has 2 aliphatic heterocycles. The van der Waals surface area contributed by atoms with Crippen LogP contribution in [0, 0.1) is 5.82 Å². The number of hydrogen-bond acceptors (Lipinski definition) is 8. The van der Waals surface area contributed by atoms with Crippen LogP contribution in [0.5, 0.6) is 0 Å². The summed E-state index contributed by atoms with van der Waals surface area (Å²) in [6, 6.07) is 4.73. The van der Waals surface area contributed by atoms with Gasteiger partial charge < -0.3 is 19.7 Å². The molecule has 1 aromatic heterocycles. The molecule has 2 fully saturated rings. The summed E-state index contributed by atoms with van der Waals surface area (Å²) >= 11 is 0. The van der Waals surface area contributed by atoms with Gasteiger partial charge in [0, 0.05) is 19.5 Å². The lowest BCUT2D eigenvalue weighted by Crippen LogP contribution is -2.42. The number of ether oxygens (including phenoxy) is 2. The van der Waals surface area contributed by atoms with Gasteiger partial charge in [-0.3, -0.25) is 9.69 Å². The molecule has 1 aromatic carbocycles. The predicted molar refractivity (Wildman–Crippen MR) is 124 cm³/mol. The van der Waals surface area contributed by atoms with E-state index in [0.29, 0.717) is 30.8 Å². The minimum Gasteiger partial charge on any atom is -0.461 e. The Morgan fingerprint density at radius 3 is 2.83 bits per heavy atom. The van der Waals surface area contributed by atoms with E-state index < -0.39 is 24.0 Å². The minimum absolute atomic E-state index is 0.00290. The summed E-state index contributed by atoms with van der Waals surface area (Å²) in [4.78, 5) is 38.6. The third kappa shape index (κ3) is 5.36. The van der Waals surface area contributed by atoms with Crippen LogP contribution in [-0.4, -0.2) is 71.4 Å². The summed E-state index contributed by atoms with van der Waals surface area (Å²) in [5.41, 5.74) is 1.02. The highest BCUT2D eigenvalue weighted by molar-refractivity contribution is 5.90. The molecule has 12 heteroatoms. The Kier molecular flexibility index (Phi) is 7.17. The maximum atomic E-state index is 15.2. The van der Waals surface area contributed by atoms with Gasteiger partial charge in [-0.1, -0.05) is 5.21 Å². The van der Waals surface area contributed by atoms with Crippen molar-refractivity contribution in [1.29, 1.82) is 0 Å². The van der Waals surface area contributed by atoms with Crippen molar-refractivity contribution in [1.82, 2.24) is 20.3 Å². The molecule has 2 amide bonds. The molecule has 11 nitrogen and oxygen atoms in total. The summed E-state index contributed by atoms with van der Waals surface area (Å²) in [5.74, 6) is -1.15. The Labute approximate surface area is 202 Å². The lowest BCUT2D eigenvalue weighted by atomic mass is 9.97. The number of cyclic esters (lactones) is 1. The van der Waals surface area contributed by atoms with Gasteiger partial charge in [-0.05, 0) is 44.9 Å². The highest BCUT2D eigenvalue weighted by Crippen LogP contribution is 2.34. The van der Waals surface area contributed by atoms with E-state index in [2.05, 4.69) is 15.6 Å². The Bertz CT molecular complexity index is 1110. The van der Waals surface area contributed by atoms with Gasteiger partial charge in [0.15, 0.2) is 5.69 Å². The highest BCUT2D eigenvalue weighted by atomic mass is 19.1. The van der Waals surface area contributed by atoms with E-state index in [-0.39, 0.29) is 43.4 Å². The number of anilines is 2. The molecule has 0 bridgehead atoms. The first kappa shape index (κ1) is 24.4. The SMILES string of the molecule is CCOC(=O)c1cn(C2CCN(c3ccc(N4CC(CNC(C)=O)OC4=O)cc3F)C(C)C2)nn1. The van der Waals surface area contributed by atoms with Crippen molar-refractivity contribution in [2.75, 3.05) is 36.0 Å². The van der Waals surface area contributed by atoms with Gasteiger partial charge >= 0.3 is 12.1 Å². The lowest BCUT2D eigenvalue weighted by Gasteiger charge is -2.39. The molecule has 0 saturated carbocycles. The Hall–Kier alpha value is -3.70. The molecule has 0 radical (unpaired) electrons. The van der Waals surface area contributed by atoms with Crippen LogP contribution in [0.25, 0.3) is 0 Å². The maximum Gasteiger partial charge on any atom is 0.414 e. The number of esters is 1. The number of amides is 2. The van der Waals surface area contributed by atoms with Gasteiger partial charge in [0.25, 0.3) is 0 Å². The fourth-order valence-corrected chi connectivity index (χ4v) is 4.49. The van der Waals surface area contributed by atoms with Crippen molar-refractivity contribution in [2.45, 2.75) is 51.8 Å². The van der Waals surface area contributed by atoms with Gasteiger partial charge in [-0.15, -0.1) is 5.10 Å². The van der Waals surface area contributed by atoms with Crippen LogP contribution in [0.15, 0.2) is 24.4 Å². The smallest absolute Gasteiger partial charge is 0.414 e. The summed E-state index contributed by atoms with van der Waals surface area (Å²) in [5, 5.41) is 10.6. The Balaban J connectivity index is 1.40. The zero-order valence-electron chi connectivity index (χ0n) is 19.9. The number of hydrogen-bond donors (Lipinski definition) is 1. The Morgan fingerprint density at radius 1 is 1.34 bits per heavy atom. The fourth-order valence-electron chi connectivity index (χ4n) is 4.49. The van der Waals surface area contributed by atoms with E-state index in [1.54, 1.807) is 29.9 Å². The molecule has 3 atom stereocenters. The minimum atomic E-state index is -0.572. The van der Waals surface area contributed by atoms with E-state index in [0.717, 1.165) is 0 Å². The molecule has 1 N–H and O–H groups in total. The first-order valence-corrected chi connectivity index (χ1v) is 11.6. The molecule has 3 heterocycles. The summed E-state index contributed by atoms with van der Waals surface area (Å²) in [6.45, 7) is 6.41.